The second kappa shape index (κ2) is 4.28. The van der Waals surface area contributed by atoms with Crippen LogP contribution in [0, 0.1) is 10.5 Å². The van der Waals surface area contributed by atoms with Crippen molar-refractivity contribution in [2.75, 3.05) is 5.73 Å². The summed E-state index contributed by atoms with van der Waals surface area (Å²) in [5.74, 6) is 0. The molecule has 0 atom stereocenters. The number of halogens is 1. The molecule has 18 heavy (non-hydrogen) atoms. The Morgan fingerprint density at radius 2 is 1.89 bits per heavy atom. The molecule has 0 aliphatic rings. The van der Waals surface area contributed by atoms with Gasteiger partial charge in [-0.05, 0) is 53.3 Å². The monoisotopic (exact) mass is 349 g/mol. The minimum Gasteiger partial charge on any atom is -0.398 e. The van der Waals surface area contributed by atoms with Gasteiger partial charge < -0.3 is 10.1 Å². The molecule has 3 nitrogen and oxygen atoms in total. The predicted octanol–water partition coefficient (Wildman–Crippen LogP) is 3.50. The average Bonchev–Trinajstić information content (AvgIpc) is 2.74. The van der Waals surface area contributed by atoms with Gasteiger partial charge in [-0.15, -0.1) is 0 Å². The first kappa shape index (κ1) is 11.5. The van der Waals surface area contributed by atoms with Crippen LogP contribution in [0.15, 0.2) is 42.7 Å². The van der Waals surface area contributed by atoms with Crippen LogP contribution in [0.5, 0.6) is 0 Å². The zero-order chi connectivity index (χ0) is 12.7. The summed E-state index contributed by atoms with van der Waals surface area (Å²) in [5.41, 5.74) is 10.7. The highest BCUT2D eigenvalue weighted by Gasteiger charge is 2.06. The van der Waals surface area contributed by atoms with E-state index in [0.717, 1.165) is 28.2 Å². The number of hydrogen-bond donors (Lipinski definition) is 1. The molecule has 0 aliphatic carbocycles. The summed E-state index contributed by atoms with van der Waals surface area (Å²) >= 11 is 2.30. The second-order valence-electron chi connectivity index (χ2n) is 4.32. The maximum atomic E-state index is 5.84. The number of hydrogen-bond acceptors (Lipinski definition) is 2. The van der Waals surface area contributed by atoms with Crippen LogP contribution in [0.1, 0.15) is 5.56 Å². The lowest BCUT2D eigenvalue weighted by atomic mass is 10.2. The van der Waals surface area contributed by atoms with E-state index >= 15 is 0 Å². The molecule has 4 heteroatoms. The molecular formula is C14H12IN3. The van der Waals surface area contributed by atoms with E-state index in [1.54, 1.807) is 0 Å². The van der Waals surface area contributed by atoms with Gasteiger partial charge in [-0.2, -0.15) is 0 Å². The summed E-state index contributed by atoms with van der Waals surface area (Å²) in [6.07, 6.45) is 3.91. The van der Waals surface area contributed by atoms with Gasteiger partial charge in [0.1, 0.15) is 5.65 Å². The quantitative estimate of drug-likeness (QED) is 0.684. The van der Waals surface area contributed by atoms with E-state index in [0.29, 0.717) is 0 Å². The van der Waals surface area contributed by atoms with Crippen LogP contribution in [0.4, 0.5) is 5.69 Å². The van der Waals surface area contributed by atoms with Gasteiger partial charge in [0.05, 0.1) is 5.69 Å². The van der Waals surface area contributed by atoms with Gasteiger partial charge in [0.15, 0.2) is 0 Å². The van der Waals surface area contributed by atoms with Crippen molar-refractivity contribution >= 4 is 33.9 Å². The Labute approximate surface area is 119 Å². The lowest BCUT2D eigenvalue weighted by molar-refractivity contribution is 1.17. The number of nitrogen functional groups attached to an aromatic ring is 1. The Kier molecular flexibility index (Phi) is 2.74. The Balaban J connectivity index is 2.19. The van der Waals surface area contributed by atoms with Gasteiger partial charge in [-0.3, -0.25) is 0 Å². The van der Waals surface area contributed by atoms with Crippen LogP contribution in [0.3, 0.4) is 0 Å². The molecule has 0 fully saturated rings. The first-order valence-corrected chi connectivity index (χ1v) is 6.72. The van der Waals surface area contributed by atoms with Crippen LogP contribution in [0.25, 0.3) is 16.9 Å². The van der Waals surface area contributed by atoms with Crippen molar-refractivity contribution in [3.63, 3.8) is 0 Å². The molecule has 0 spiro atoms. The topological polar surface area (TPSA) is 43.3 Å². The first-order chi connectivity index (χ1) is 8.63. The van der Waals surface area contributed by atoms with Crippen molar-refractivity contribution in [3.8, 4) is 11.3 Å². The molecule has 90 valence electrons. The molecular weight excluding hydrogens is 337 g/mol. The maximum absolute atomic E-state index is 5.84. The number of nitrogens with two attached hydrogens (primary N) is 1. The van der Waals surface area contributed by atoms with Crippen LogP contribution in [-0.4, -0.2) is 9.38 Å². The fourth-order valence-electron chi connectivity index (χ4n) is 2.06. The Bertz CT molecular complexity index is 714. The Morgan fingerprint density at radius 3 is 2.61 bits per heavy atom. The molecule has 0 saturated heterocycles. The summed E-state index contributed by atoms with van der Waals surface area (Å²) in [6.45, 7) is 2.02. The summed E-state index contributed by atoms with van der Waals surface area (Å²) < 4.78 is 3.21. The third kappa shape index (κ3) is 1.96. The van der Waals surface area contributed by atoms with Gasteiger partial charge in [0.2, 0.25) is 0 Å². The number of fused-ring (bicyclic) bond motifs is 1. The number of aryl methyl sites for hydroxylation is 1. The standard InChI is InChI=1S/C14H12IN3/c1-9-6-12(16)7-18-8-13(17-14(9)18)10-2-4-11(15)5-3-10/h2-8H,16H2,1H3. The number of benzene rings is 1. The van der Waals surface area contributed by atoms with Crippen molar-refractivity contribution in [1.82, 2.24) is 9.38 Å². The lowest BCUT2D eigenvalue weighted by Crippen LogP contribution is -1.92. The van der Waals surface area contributed by atoms with Crippen molar-refractivity contribution in [3.05, 3.63) is 51.9 Å². The van der Waals surface area contributed by atoms with E-state index in [1.807, 2.05) is 29.8 Å². The zero-order valence-corrected chi connectivity index (χ0v) is 12.0. The molecule has 2 N–H and O–H groups in total. The largest absolute Gasteiger partial charge is 0.398 e. The van der Waals surface area contributed by atoms with Gasteiger partial charge in [0, 0.05) is 27.2 Å². The molecule has 3 rings (SSSR count). The van der Waals surface area contributed by atoms with E-state index < -0.39 is 0 Å². The minimum absolute atomic E-state index is 0.756. The van der Waals surface area contributed by atoms with E-state index in [2.05, 4.69) is 51.8 Å². The molecule has 1 aromatic carbocycles. The average molecular weight is 349 g/mol. The summed E-state index contributed by atoms with van der Waals surface area (Å²) in [6, 6.07) is 10.3. The molecule has 0 radical (unpaired) electrons. The van der Waals surface area contributed by atoms with Gasteiger partial charge in [0.25, 0.3) is 0 Å². The maximum Gasteiger partial charge on any atom is 0.140 e. The zero-order valence-electron chi connectivity index (χ0n) is 9.89. The summed E-state index contributed by atoms with van der Waals surface area (Å²) in [5, 5.41) is 0. The first-order valence-electron chi connectivity index (χ1n) is 5.64. The van der Waals surface area contributed by atoms with Crippen LogP contribution in [0.2, 0.25) is 0 Å². The van der Waals surface area contributed by atoms with Crippen molar-refractivity contribution < 1.29 is 0 Å². The van der Waals surface area contributed by atoms with E-state index in [4.69, 9.17) is 5.73 Å². The van der Waals surface area contributed by atoms with Gasteiger partial charge >= 0.3 is 0 Å². The minimum atomic E-state index is 0.756. The van der Waals surface area contributed by atoms with Crippen LogP contribution in [-0.2, 0) is 0 Å². The van der Waals surface area contributed by atoms with Gasteiger partial charge in [-0.25, -0.2) is 4.98 Å². The number of aromatic nitrogens is 2. The van der Waals surface area contributed by atoms with E-state index in [1.165, 1.54) is 3.57 Å². The lowest BCUT2D eigenvalue weighted by Gasteiger charge is -1.98. The molecule has 0 saturated carbocycles. The van der Waals surface area contributed by atoms with Crippen molar-refractivity contribution in [2.45, 2.75) is 6.92 Å². The smallest absolute Gasteiger partial charge is 0.140 e. The fraction of sp³-hybridized carbons (Fsp3) is 0.0714. The highest BCUT2D eigenvalue weighted by Crippen LogP contribution is 2.22. The van der Waals surface area contributed by atoms with E-state index in [-0.39, 0.29) is 0 Å². The van der Waals surface area contributed by atoms with Gasteiger partial charge in [-0.1, -0.05) is 12.1 Å². The fourth-order valence-corrected chi connectivity index (χ4v) is 2.42. The van der Waals surface area contributed by atoms with Crippen LogP contribution < -0.4 is 5.73 Å². The third-order valence-electron chi connectivity index (χ3n) is 2.90. The second-order valence-corrected chi connectivity index (χ2v) is 5.57. The SMILES string of the molecule is Cc1cc(N)cn2cc(-c3ccc(I)cc3)nc12. The number of imidazole rings is 1. The molecule has 0 amide bonds. The predicted molar refractivity (Wildman–Crippen MR) is 82.5 cm³/mol. The number of nitrogens with zero attached hydrogens (tertiary/aromatic N) is 2. The molecule has 3 aromatic rings. The van der Waals surface area contributed by atoms with Crippen LogP contribution >= 0.6 is 22.6 Å². The molecule has 0 unspecified atom stereocenters. The highest BCUT2D eigenvalue weighted by atomic mass is 127. The van der Waals surface area contributed by atoms with Crippen molar-refractivity contribution in [2.24, 2.45) is 0 Å². The van der Waals surface area contributed by atoms with E-state index in [9.17, 15) is 0 Å². The summed E-state index contributed by atoms with van der Waals surface area (Å²) in [4.78, 5) is 4.66. The molecule has 0 aliphatic heterocycles. The number of anilines is 1. The molecule has 2 aromatic heterocycles. The molecule has 2 heterocycles. The number of pyridine rings is 1. The molecule has 0 bridgehead atoms. The third-order valence-corrected chi connectivity index (χ3v) is 3.62. The number of rotatable bonds is 1. The normalized spacial score (nSPS) is 11.0. The Morgan fingerprint density at radius 1 is 1.17 bits per heavy atom. The van der Waals surface area contributed by atoms with Crippen molar-refractivity contribution in [1.29, 1.82) is 0 Å². The Hall–Kier alpha value is -1.56. The summed E-state index contributed by atoms with van der Waals surface area (Å²) in [7, 11) is 0. The highest BCUT2D eigenvalue weighted by molar-refractivity contribution is 14.1.